The van der Waals surface area contributed by atoms with Crippen LogP contribution in [0.3, 0.4) is 0 Å². The van der Waals surface area contributed by atoms with Crippen LogP contribution in [-0.2, 0) is 0 Å². The molecule has 2 aliphatic rings. The Bertz CT molecular complexity index is 1410. The van der Waals surface area contributed by atoms with Gasteiger partial charge in [0.05, 0.1) is 0 Å². The Kier molecular flexibility index (Phi) is 9.75. The standard InChI is InChI=1S/C28H40Si2.C11H20N2.Sn/c1-27(2,3)29(7,8)21-25(23-17-13-11-14-18-23)26(24-19-15-12-16-20-24)22-30(9,10)28(4,5)6;1-8(2)12-7-13(9(3)4)11(6)10(12)5;/h11-20H,1-10H3;8-9H,1-6H3;. The van der Waals surface area contributed by atoms with Gasteiger partial charge in [-0.3, -0.25) is 0 Å². The number of allylic oxidation sites excluding steroid dienone is 4. The molecule has 0 unspecified atom stereocenters. The van der Waals surface area contributed by atoms with E-state index in [1.165, 1.54) is 22.5 Å². The molecule has 0 aliphatic carbocycles. The van der Waals surface area contributed by atoms with Gasteiger partial charge in [-0.15, -0.1) is 0 Å². The second kappa shape index (κ2) is 12.2. The molecular weight excluding hydrogens is 671 g/mol. The summed E-state index contributed by atoms with van der Waals surface area (Å²) in [5.41, 5.74) is 8.97. The molecule has 2 heterocycles. The minimum atomic E-state index is -2.88. The SMILES string of the molecule is CC1=C(C)N(C(C)C)[C](=[Sn]2[C]([Si](C)(C)C(C)(C)C)=C(c3ccccc3)C(c3ccccc3)=[C]2[Si](C)(C)C(C)(C)C)N1C(C)C. The third kappa shape index (κ3) is 5.74. The average molecular weight is 732 g/mol. The maximum atomic E-state index is 2.81. The Balaban J connectivity index is 2.43. The van der Waals surface area contributed by atoms with Gasteiger partial charge in [-0.1, -0.05) is 0 Å². The molecule has 2 nitrogen and oxygen atoms in total. The van der Waals surface area contributed by atoms with Gasteiger partial charge >= 0.3 is 281 Å². The van der Waals surface area contributed by atoms with Crippen LogP contribution in [0.5, 0.6) is 0 Å². The second-order valence-electron chi connectivity index (χ2n) is 16.8. The summed E-state index contributed by atoms with van der Waals surface area (Å²) in [6.07, 6.45) is 0. The van der Waals surface area contributed by atoms with E-state index in [9.17, 15) is 0 Å². The van der Waals surface area contributed by atoms with E-state index in [0.29, 0.717) is 12.1 Å². The summed E-state index contributed by atoms with van der Waals surface area (Å²) in [5, 5.41) is 0.446. The van der Waals surface area contributed by atoms with Crippen molar-refractivity contribution in [2.45, 2.75) is 131 Å². The van der Waals surface area contributed by atoms with Crippen molar-refractivity contribution in [2.24, 2.45) is 0 Å². The maximum absolute atomic E-state index is 2.88. The predicted molar refractivity (Wildman–Crippen MR) is 204 cm³/mol. The van der Waals surface area contributed by atoms with Crippen LogP contribution in [0.25, 0.3) is 11.1 Å². The zero-order chi connectivity index (χ0) is 33.2. The van der Waals surface area contributed by atoms with Gasteiger partial charge in [0.1, 0.15) is 0 Å². The number of nitrogens with zero attached hydrogens (tertiary/aromatic N) is 2. The molecule has 0 saturated heterocycles. The van der Waals surface area contributed by atoms with Crippen molar-refractivity contribution in [1.82, 2.24) is 9.80 Å². The van der Waals surface area contributed by atoms with Gasteiger partial charge in [0, 0.05) is 0 Å². The fourth-order valence-corrected chi connectivity index (χ4v) is 41.4. The van der Waals surface area contributed by atoms with Crippen molar-refractivity contribution in [3.05, 3.63) is 89.6 Å². The minimum absolute atomic E-state index is 0.223. The van der Waals surface area contributed by atoms with Crippen LogP contribution in [0, 0.1) is 0 Å². The topological polar surface area (TPSA) is 6.48 Å². The van der Waals surface area contributed by atoms with Crippen molar-refractivity contribution in [3.8, 4) is 0 Å². The van der Waals surface area contributed by atoms with Crippen LogP contribution in [0.4, 0.5) is 0 Å². The summed E-state index contributed by atoms with van der Waals surface area (Å²) in [4.78, 5) is 5.61. The quantitative estimate of drug-likeness (QED) is 0.273. The first-order valence-electron chi connectivity index (χ1n) is 16.8. The van der Waals surface area contributed by atoms with Gasteiger partial charge in [0.15, 0.2) is 0 Å². The zero-order valence-electron chi connectivity index (χ0n) is 30.8. The number of rotatable bonds is 6. The molecule has 4 rings (SSSR count). The number of benzene rings is 2. The van der Waals surface area contributed by atoms with Gasteiger partial charge < -0.3 is 0 Å². The summed E-state index contributed by atoms with van der Waals surface area (Å²) >= 11 is -2.88. The van der Waals surface area contributed by atoms with Gasteiger partial charge in [0.2, 0.25) is 0 Å². The van der Waals surface area contributed by atoms with Crippen molar-refractivity contribution in [2.75, 3.05) is 0 Å². The number of hydrogen-bond donors (Lipinski definition) is 0. The summed E-state index contributed by atoms with van der Waals surface area (Å²) in [5.74, 6) is 0. The number of hydrogen-bond acceptors (Lipinski definition) is 2. The normalized spacial score (nSPS) is 17.5. The fraction of sp³-hybridized carbons (Fsp3) is 0.513. The van der Waals surface area contributed by atoms with Crippen LogP contribution in [-0.4, -0.2) is 61.1 Å². The molecule has 2 aromatic rings. The van der Waals surface area contributed by atoms with Gasteiger partial charge in [0.25, 0.3) is 0 Å². The van der Waals surface area contributed by atoms with Crippen molar-refractivity contribution in [1.29, 1.82) is 0 Å². The molecule has 0 aromatic heterocycles. The van der Waals surface area contributed by atoms with Gasteiger partial charge in [-0.2, -0.15) is 0 Å². The van der Waals surface area contributed by atoms with E-state index >= 15 is 0 Å². The van der Waals surface area contributed by atoms with E-state index in [4.69, 9.17) is 0 Å². The van der Waals surface area contributed by atoms with Crippen molar-refractivity contribution < 1.29 is 0 Å². The van der Waals surface area contributed by atoms with E-state index in [1.54, 1.807) is 14.9 Å². The molecule has 0 radical (unpaired) electrons. The molecule has 5 heteroatoms. The second-order valence-corrected chi connectivity index (χ2v) is 36.4. The molecule has 0 N–H and O–H groups in total. The Morgan fingerprint density at radius 2 is 0.841 bits per heavy atom. The molecule has 0 bridgehead atoms. The van der Waals surface area contributed by atoms with E-state index in [2.05, 4.69) is 180 Å². The fourth-order valence-electron chi connectivity index (χ4n) is 6.92. The summed E-state index contributed by atoms with van der Waals surface area (Å²) < 4.78 is 5.54. The summed E-state index contributed by atoms with van der Waals surface area (Å²) in [6.45, 7) is 40.5. The molecule has 44 heavy (non-hydrogen) atoms. The van der Waals surface area contributed by atoms with E-state index in [0.717, 1.165) is 0 Å². The molecule has 0 amide bonds. The van der Waals surface area contributed by atoms with Crippen LogP contribution in [0.15, 0.2) is 78.5 Å². The molecule has 0 spiro atoms. The summed E-state index contributed by atoms with van der Waals surface area (Å²) in [6, 6.07) is 23.9. The molecule has 0 atom stereocenters. The van der Waals surface area contributed by atoms with Gasteiger partial charge in [-0.25, -0.2) is 0 Å². The van der Waals surface area contributed by atoms with Crippen LogP contribution in [0.2, 0.25) is 36.3 Å². The van der Waals surface area contributed by atoms with E-state index in [1.807, 2.05) is 6.42 Å². The Morgan fingerprint density at radius 1 is 0.545 bits per heavy atom. The monoisotopic (exact) mass is 732 g/mol. The third-order valence-electron chi connectivity index (χ3n) is 11.3. The van der Waals surface area contributed by atoms with E-state index < -0.39 is 35.4 Å². The molecule has 238 valence electrons. The van der Waals surface area contributed by atoms with Crippen molar-refractivity contribution >= 4 is 50.3 Å². The van der Waals surface area contributed by atoms with Crippen LogP contribution < -0.4 is 0 Å². The van der Waals surface area contributed by atoms with E-state index in [-0.39, 0.29) is 10.1 Å². The third-order valence-corrected chi connectivity index (χ3v) is 42.8. The average Bonchev–Trinajstić information content (AvgIpc) is 3.41. The van der Waals surface area contributed by atoms with Gasteiger partial charge in [-0.05, 0) is 0 Å². The molecule has 0 saturated carbocycles. The first-order chi connectivity index (χ1) is 20.2. The summed E-state index contributed by atoms with van der Waals surface area (Å²) in [7, 11) is -4.04. The Labute approximate surface area is 279 Å². The molecule has 2 aromatic carbocycles. The van der Waals surface area contributed by atoms with Crippen LogP contribution in [0.1, 0.15) is 94.2 Å². The first-order valence-corrected chi connectivity index (χ1v) is 27.1. The molecule has 2 aliphatic heterocycles. The zero-order valence-corrected chi connectivity index (χ0v) is 35.7. The first kappa shape index (κ1) is 35.2. The Morgan fingerprint density at radius 3 is 1.09 bits per heavy atom. The Hall–Kier alpha value is -1.64. The molecular formula is C39H60N2Si2Sn. The predicted octanol–water partition coefficient (Wildman–Crippen LogP) is 10.9. The van der Waals surface area contributed by atoms with Crippen molar-refractivity contribution in [3.63, 3.8) is 0 Å². The van der Waals surface area contributed by atoms with Crippen LogP contribution >= 0.6 is 0 Å². The molecule has 0 fully saturated rings.